The summed E-state index contributed by atoms with van der Waals surface area (Å²) < 4.78 is 6.44. The quantitative estimate of drug-likeness (QED) is 0.401. The van der Waals surface area contributed by atoms with Crippen molar-refractivity contribution >= 4 is 23.8 Å². The third kappa shape index (κ3) is 4.51. The van der Waals surface area contributed by atoms with Crippen LogP contribution in [0.4, 0.5) is 0 Å². The molecule has 138 valence electrons. The van der Waals surface area contributed by atoms with Crippen molar-refractivity contribution in [2.24, 2.45) is 5.10 Å². The Kier molecular flexibility index (Phi) is 5.83. The fourth-order valence-corrected chi connectivity index (χ4v) is 2.58. The molecule has 2 aromatic carbocycles. The summed E-state index contributed by atoms with van der Waals surface area (Å²) in [6.45, 7) is 2.15. The highest BCUT2D eigenvalue weighted by molar-refractivity contribution is 6.30. The normalized spacial score (nSPS) is 11.0. The molecule has 0 spiro atoms. The van der Waals surface area contributed by atoms with Crippen molar-refractivity contribution in [2.75, 3.05) is 6.61 Å². The Labute approximate surface area is 160 Å². The summed E-state index contributed by atoms with van der Waals surface area (Å²) in [5, 5.41) is 7.54. The average Bonchev–Trinajstić information content (AvgIpc) is 2.97. The molecule has 8 heteroatoms. The number of carbonyl (C=O) groups is 1. The van der Waals surface area contributed by atoms with Gasteiger partial charge in [0.25, 0.3) is 0 Å². The summed E-state index contributed by atoms with van der Waals surface area (Å²) >= 11 is 5.86. The second-order valence-corrected chi connectivity index (χ2v) is 6.09. The van der Waals surface area contributed by atoms with Gasteiger partial charge in [0.1, 0.15) is 6.54 Å². The number of ether oxygens (including phenoxy) is 1. The van der Waals surface area contributed by atoms with Crippen molar-refractivity contribution in [2.45, 2.75) is 13.5 Å². The minimum atomic E-state index is -0.699. The number of nitrogens with one attached hydrogen (secondary N) is 1. The van der Waals surface area contributed by atoms with E-state index in [1.165, 1.54) is 10.9 Å². The molecule has 0 fully saturated rings. The summed E-state index contributed by atoms with van der Waals surface area (Å²) in [6, 6.07) is 16.4. The fraction of sp³-hybridized carbons (Fsp3) is 0.158. The monoisotopic (exact) mass is 385 g/mol. The third-order valence-electron chi connectivity index (χ3n) is 3.72. The maximum absolute atomic E-state index is 12.6. The van der Waals surface area contributed by atoms with Gasteiger partial charge in [-0.2, -0.15) is 0 Å². The highest BCUT2D eigenvalue weighted by Gasteiger charge is 2.29. The van der Waals surface area contributed by atoms with E-state index in [-0.39, 0.29) is 12.3 Å². The molecule has 0 saturated heterocycles. The molecule has 3 aromatic rings. The predicted molar refractivity (Wildman–Crippen MR) is 101 cm³/mol. The Morgan fingerprint density at radius 3 is 2.59 bits per heavy atom. The van der Waals surface area contributed by atoms with Crippen molar-refractivity contribution < 1.29 is 14.2 Å². The number of aromatic nitrogens is 3. The molecule has 7 nitrogen and oxygen atoms in total. The summed E-state index contributed by atoms with van der Waals surface area (Å²) in [6.07, 6.45) is 1.50. The minimum absolute atomic E-state index is 0.117. The zero-order valence-electron chi connectivity index (χ0n) is 14.6. The first kappa shape index (κ1) is 18.6. The Bertz CT molecular complexity index is 1010. The number of halogens is 1. The first-order chi connectivity index (χ1) is 13.1. The van der Waals surface area contributed by atoms with E-state index in [0.29, 0.717) is 11.6 Å². The van der Waals surface area contributed by atoms with Gasteiger partial charge in [0, 0.05) is 9.81 Å². The van der Waals surface area contributed by atoms with Crippen molar-refractivity contribution in [3.05, 3.63) is 86.8 Å². The molecule has 3 rings (SSSR count). The lowest BCUT2D eigenvalue weighted by Gasteiger charge is -2.00. The average molecular weight is 386 g/mol. The van der Waals surface area contributed by atoms with E-state index in [9.17, 15) is 9.59 Å². The van der Waals surface area contributed by atoms with E-state index in [0.717, 1.165) is 15.9 Å². The van der Waals surface area contributed by atoms with E-state index in [1.54, 1.807) is 31.2 Å². The lowest BCUT2D eigenvalue weighted by atomic mass is 10.2. The molecule has 0 atom stereocenters. The maximum Gasteiger partial charge on any atom is 0.434 e. The second kappa shape index (κ2) is 8.46. The molecule has 0 unspecified atom stereocenters. The number of hydrogen-bond acceptors (Lipinski definition) is 4. The topological polar surface area (TPSA) is 80.3 Å². The molecule has 0 bridgehead atoms. The van der Waals surface area contributed by atoms with Gasteiger partial charge < -0.3 is 4.74 Å². The van der Waals surface area contributed by atoms with Gasteiger partial charge >= 0.3 is 17.2 Å². The molecule has 0 aliphatic rings. The minimum Gasteiger partial charge on any atom is -0.459 e. The summed E-state index contributed by atoms with van der Waals surface area (Å²) in [4.78, 5) is 25.9. The highest BCUT2D eigenvalue weighted by atomic mass is 35.5. The smallest absolute Gasteiger partial charge is 0.434 e. The first-order valence-electron chi connectivity index (χ1n) is 8.34. The second-order valence-electron chi connectivity index (χ2n) is 5.65. The molecule has 1 heterocycles. The molecule has 0 aliphatic carbocycles. The Balaban J connectivity index is 1.97. The van der Waals surface area contributed by atoms with Gasteiger partial charge in [-0.25, -0.2) is 9.59 Å². The largest absolute Gasteiger partial charge is 0.459 e. The van der Waals surface area contributed by atoms with Crippen molar-refractivity contribution in [1.29, 1.82) is 0 Å². The van der Waals surface area contributed by atoms with E-state index >= 15 is 0 Å². The van der Waals surface area contributed by atoms with Crippen LogP contribution in [-0.2, 0) is 11.3 Å². The lowest BCUT2D eigenvalue weighted by Crippen LogP contribution is -2.44. The highest BCUT2D eigenvalue weighted by Crippen LogP contribution is 2.07. The van der Waals surface area contributed by atoms with Crippen LogP contribution < -0.4 is 10.2 Å². The molecular weight excluding hydrogens is 368 g/mol. The Morgan fingerprint density at radius 2 is 1.93 bits per heavy atom. The number of nitrogens with zero attached hydrogens (tertiary/aromatic N) is 3. The molecule has 0 aliphatic heterocycles. The van der Waals surface area contributed by atoms with E-state index in [1.807, 2.05) is 30.3 Å². The first-order valence-corrected chi connectivity index (χ1v) is 8.72. The van der Waals surface area contributed by atoms with Crippen LogP contribution >= 0.6 is 11.6 Å². The van der Waals surface area contributed by atoms with Crippen molar-refractivity contribution in [3.63, 3.8) is 0 Å². The molecule has 0 saturated carbocycles. The zero-order valence-corrected chi connectivity index (χ0v) is 15.4. The van der Waals surface area contributed by atoms with E-state index < -0.39 is 11.5 Å². The summed E-state index contributed by atoms with van der Waals surface area (Å²) in [5.41, 5.74) is 0.972. The molecule has 0 amide bonds. The Hall–Kier alpha value is -3.19. The van der Waals surface area contributed by atoms with Crippen LogP contribution in [0.5, 0.6) is 0 Å². The third-order valence-corrected chi connectivity index (χ3v) is 3.98. The number of esters is 1. The number of rotatable bonds is 6. The van der Waals surface area contributed by atoms with Crippen LogP contribution in [0.1, 0.15) is 28.5 Å². The molecule has 1 aromatic heterocycles. The van der Waals surface area contributed by atoms with E-state index in [2.05, 4.69) is 10.3 Å². The maximum atomic E-state index is 12.6. The SMILES string of the molecule is CCOC(=O)c1c(=O)n(/N=C\c2ccc(Cl)cc2)[nH][n+]1Cc1ccccc1. The van der Waals surface area contributed by atoms with Gasteiger partial charge in [0.05, 0.1) is 12.8 Å². The van der Waals surface area contributed by atoms with E-state index in [4.69, 9.17) is 16.3 Å². The van der Waals surface area contributed by atoms with Gasteiger partial charge in [-0.15, -0.1) is 4.68 Å². The molecular formula is C19H18ClN4O3+. The lowest BCUT2D eigenvalue weighted by molar-refractivity contribution is -0.749. The van der Waals surface area contributed by atoms with Crippen LogP contribution in [0.2, 0.25) is 5.02 Å². The number of hydrogen-bond donors (Lipinski definition) is 1. The van der Waals surface area contributed by atoms with Gasteiger partial charge in [0.15, 0.2) is 0 Å². The van der Waals surface area contributed by atoms with Crippen LogP contribution in [0.15, 0.2) is 64.5 Å². The molecule has 1 N–H and O–H groups in total. The van der Waals surface area contributed by atoms with Crippen LogP contribution in [0.25, 0.3) is 0 Å². The zero-order chi connectivity index (χ0) is 19.2. The molecule has 0 radical (unpaired) electrons. The van der Waals surface area contributed by atoms with Crippen LogP contribution in [0.3, 0.4) is 0 Å². The van der Waals surface area contributed by atoms with Crippen molar-refractivity contribution in [1.82, 2.24) is 10.0 Å². The fourth-order valence-electron chi connectivity index (χ4n) is 2.45. The molecule has 27 heavy (non-hydrogen) atoms. The van der Waals surface area contributed by atoms with Gasteiger partial charge in [-0.3, -0.25) is 0 Å². The summed E-state index contributed by atoms with van der Waals surface area (Å²) in [7, 11) is 0. The number of aromatic amines is 1. The van der Waals surface area contributed by atoms with Crippen molar-refractivity contribution in [3.8, 4) is 0 Å². The van der Waals surface area contributed by atoms with Crippen LogP contribution in [-0.4, -0.2) is 28.8 Å². The summed E-state index contributed by atoms with van der Waals surface area (Å²) in [5.74, 6) is -0.699. The number of carbonyl (C=O) groups excluding carboxylic acids is 1. The predicted octanol–water partition coefficient (Wildman–Crippen LogP) is 2.22. The standard InChI is InChI=1S/C19H17ClN4O3/c1-2-27-19(26)17-18(25)24(21-12-14-8-10-16(20)11-9-14)22-23(17)13-15-6-4-3-5-7-15/h3-12H,2,13H2,1H3/p+1/b21-12-. The van der Waals surface area contributed by atoms with Crippen LogP contribution in [0, 0.1) is 0 Å². The van der Waals surface area contributed by atoms with Gasteiger partial charge in [-0.1, -0.05) is 64.4 Å². The van der Waals surface area contributed by atoms with Gasteiger partial charge in [-0.05, 0) is 30.2 Å². The Morgan fingerprint density at radius 1 is 1.22 bits per heavy atom. The number of H-pyrrole nitrogens is 1. The number of benzene rings is 2. The van der Waals surface area contributed by atoms with Gasteiger partial charge in [0.2, 0.25) is 0 Å².